The zero-order chi connectivity index (χ0) is 14.8. The van der Waals surface area contributed by atoms with Crippen LogP contribution in [-0.2, 0) is 11.2 Å². The normalized spacial score (nSPS) is 13.3. The van der Waals surface area contributed by atoms with Gasteiger partial charge in [-0.05, 0) is 42.3 Å². The van der Waals surface area contributed by atoms with Crippen molar-refractivity contribution >= 4 is 17.6 Å². The van der Waals surface area contributed by atoms with Crippen LogP contribution in [0.5, 0.6) is 5.75 Å². The Morgan fingerprint density at radius 1 is 1.14 bits per heavy atom. The highest BCUT2D eigenvalue weighted by molar-refractivity contribution is 5.94. The van der Waals surface area contributed by atoms with Crippen molar-refractivity contribution in [1.82, 2.24) is 0 Å². The van der Waals surface area contributed by atoms with E-state index in [1.807, 2.05) is 0 Å². The summed E-state index contributed by atoms with van der Waals surface area (Å²) in [5, 5.41) is 2.74. The summed E-state index contributed by atoms with van der Waals surface area (Å²) in [6.45, 7) is 0. The van der Waals surface area contributed by atoms with Crippen molar-refractivity contribution in [1.29, 1.82) is 0 Å². The van der Waals surface area contributed by atoms with Crippen molar-refractivity contribution in [3.63, 3.8) is 0 Å². The van der Waals surface area contributed by atoms with Crippen LogP contribution in [0.1, 0.15) is 22.3 Å². The predicted octanol–water partition coefficient (Wildman–Crippen LogP) is 2.93. The largest absolute Gasteiger partial charge is 0.423 e. The number of benzene rings is 2. The lowest BCUT2D eigenvalue weighted by atomic mass is 10.0. The van der Waals surface area contributed by atoms with E-state index in [0.717, 1.165) is 11.3 Å². The first-order valence-electron chi connectivity index (χ1n) is 6.53. The monoisotopic (exact) mass is 285 g/mol. The second kappa shape index (κ2) is 5.36. The van der Waals surface area contributed by atoms with Gasteiger partial charge in [0.1, 0.15) is 11.6 Å². The SMILES string of the molecule is O=C1CCc2cc(OC(=O)c3ccccc3F)ccc2N1. The first-order valence-corrected chi connectivity index (χ1v) is 6.53. The quantitative estimate of drug-likeness (QED) is 0.682. The van der Waals surface area contributed by atoms with Crippen LogP contribution >= 0.6 is 0 Å². The maximum Gasteiger partial charge on any atom is 0.346 e. The molecule has 1 amide bonds. The highest BCUT2D eigenvalue weighted by atomic mass is 19.1. The molecule has 5 heteroatoms. The van der Waals surface area contributed by atoms with E-state index in [4.69, 9.17) is 4.74 Å². The molecule has 3 rings (SSSR count). The van der Waals surface area contributed by atoms with Gasteiger partial charge in [-0.15, -0.1) is 0 Å². The molecule has 2 aromatic rings. The average molecular weight is 285 g/mol. The minimum absolute atomic E-state index is 0.0291. The molecule has 1 aliphatic rings. The molecule has 0 saturated heterocycles. The van der Waals surface area contributed by atoms with Crippen LogP contribution < -0.4 is 10.1 Å². The van der Waals surface area contributed by atoms with Gasteiger partial charge >= 0.3 is 5.97 Å². The number of anilines is 1. The molecule has 0 saturated carbocycles. The van der Waals surface area contributed by atoms with Crippen LogP contribution in [-0.4, -0.2) is 11.9 Å². The fourth-order valence-electron chi connectivity index (χ4n) is 2.21. The summed E-state index contributed by atoms with van der Waals surface area (Å²) in [7, 11) is 0. The summed E-state index contributed by atoms with van der Waals surface area (Å²) in [5.74, 6) is -1.06. The maximum atomic E-state index is 13.5. The van der Waals surface area contributed by atoms with Crippen molar-refractivity contribution in [2.75, 3.05) is 5.32 Å². The Kier molecular flexibility index (Phi) is 3.39. The Hall–Kier alpha value is -2.69. The van der Waals surface area contributed by atoms with Crippen molar-refractivity contribution in [3.8, 4) is 5.75 Å². The Bertz CT molecular complexity index is 727. The van der Waals surface area contributed by atoms with E-state index in [1.165, 1.54) is 18.2 Å². The first kappa shape index (κ1) is 13.3. The number of carbonyl (C=O) groups is 2. The van der Waals surface area contributed by atoms with Gasteiger partial charge < -0.3 is 10.1 Å². The minimum Gasteiger partial charge on any atom is -0.423 e. The number of hydrogen-bond donors (Lipinski definition) is 1. The number of halogens is 1. The standard InChI is InChI=1S/C16H12FNO3/c17-13-4-2-1-3-12(13)16(20)21-11-6-7-14-10(9-11)5-8-15(19)18-14/h1-4,6-7,9H,5,8H2,(H,18,19). The molecule has 4 nitrogen and oxygen atoms in total. The van der Waals surface area contributed by atoms with E-state index in [-0.39, 0.29) is 11.5 Å². The zero-order valence-electron chi connectivity index (χ0n) is 11.1. The predicted molar refractivity (Wildman–Crippen MR) is 74.8 cm³/mol. The molecular weight excluding hydrogens is 273 g/mol. The molecule has 0 fully saturated rings. The third-order valence-corrected chi connectivity index (χ3v) is 3.28. The second-order valence-corrected chi connectivity index (χ2v) is 4.74. The van der Waals surface area contributed by atoms with Gasteiger partial charge in [0.25, 0.3) is 0 Å². The summed E-state index contributed by atoms with van der Waals surface area (Å²) in [5.41, 5.74) is 1.51. The van der Waals surface area contributed by atoms with Gasteiger partial charge in [-0.3, -0.25) is 4.79 Å². The van der Waals surface area contributed by atoms with Crippen molar-refractivity contribution in [2.24, 2.45) is 0 Å². The van der Waals surface area contributed by atoms with E-state index >= 15 is 0 Å². The van der Waals surface area contributed by atoms with Gasteiger partial charge in [0.05, 0.1) is 5.56 Å². The average Bonchev–Trinajstić information content (AvgIpc) is 2.48. The van der Waals surface area contributed by atoms with Gasteiger partial charge in [-0.1, -0.05) is 12.1 Å². The molecule has 106 valence electrons. The van der Waals surface area contributed by atoms with Crippen molar-refractivity contribution in [3.05, 3.63) is 59.4 Å². The Balaban J connectivity index is 1.81. The molecule has 1 aliphatic heterocycles. The van der Waals surface area contributed by atoms with Gasteiger partial charge in [0, 0.05) is 12.1 Å². The van der Waals surface area contributed by atoms with E-state index < -0.39 is 11.8 Å². The van der Waals surface area contributed by atoms with Gasteiger partial charge in [0.2, 0.25) is 5.91 Å². The topological polar surface area (TPSA) is 55.4 Å². The molecular formula is C16H12FNO3. The lowest BCUT2D eigenvalue weighted by Gasteiger charge is -2.17. The Morgan fingerprint density at radius 2 is 1.95 bits per heavy atom. The van der Waals surface area contributed by atoms with Crippen molar-refractivity contribution < 1.29 is 18.7 Å². The molecule has 0 atom stereocenters. The molecule has 2 aromatic carbocycles. The van der Waals surface area contributed by atoms with Crippen molar-refractivity contribution in [2.45, 2.75) is 12.8 Å². The summed E-state index contributed by atoms with van der Waals surface area (Å²) in [4.78, 5) is 23.2. The fraction of sp³-hybridized carbons (Fsp3) is 0.125. The number of rotatable bonds is 2. The maximum absolute atomic E-state index is 13.5. The molecule has 0 aliphatic carbocycles. The van der Waals surface area contributed by atoms with Crippen LogP contribution in [0.4, 0.5) is 10.1 Å². The highest BCUT2D eigenvalue weighted by Crippen LogP contribution is 2.27. The Labute approximate surface area is 120 Å². The van der Waals surface area contributed by atoms with Gasteiger partial charge in [-0.25, -0.2) is 9.18 Å². The molecule has 1 N–H and O–H groups in total. The van der Waals surface area contributed by atoms with E-state index in [1.54, 1.807) is 24.3 Å². The number of hydrogen-bond acceptors (Lipinski definition) is 3. The van der Waals surface area contributed by atoms with E-state index in [0.29, 0.717) is 18.6 Å². The Morgan fingerprint density at radius 3 is 2.76 bits per heavy atom. The second-order valence-electron chi connectivity index (χ2n) is 4.74. The smallest absolute Gasteiger partial charge is 0.346 e. The lowest BCUT2D eigenvalue weighted by molar-refractivity contribution is -0.116. The summed E-state index contributed by atoms with van der Waals surface area (Å²) >= 11 is 0. The molecule has 0 unspecified atom stereocenters. The van der Waals surface area contributed by atoms with Gasteiger partial charge in [-0.2, -0.15) is 0 Å². The number of amides is 1. The van der Waals surface area contributed by atoms with Crippen LogP contribution in [0.15, 0.2) is 42.5 Å². The van der Waals surface area contributed by atoms with Crippen LogP contribution in [0, 0.1) is 5.82 Å². The number of carbonyl (C=O) groups excluding carboxylic acids is 2. The highest BCUT2D eigenvalue weighted by Gasteiger charge is 2.17. The molecule has 0 aromatic heterocycles. The molecule has 21 heavy (non-hydrogen) atoms. The van der Waals surface area contributed by atoms with Crippen LogP contribution in [0.2, 0.25) is 0 Å². The summed E-state index contributed by atoms with van der Waals surface area (Å²) < 4.78 is 18.7. The van der Waals surface area contributed by atoms with Gasteiger partial charge in [0.15, 0.2) is 0 Å². The molecule has 0 spiro atoms. The third kappa shape index (κ3) is 2.76. The van der Waals surface area contributed by atoms with Crippen LogP contribution in [0.25, 0.3) is 0 Å². The first-order chi connectivity index (χ1) is 10.1. The minimum atomic E-state index is -0.743. The number of esters is 1. The molecule has 0 radical (unpaired) electrons. The summed E-state index contributed by atoms with van der Waals surface area (Å²) in [6.07, 6.45) is 0.990. The fourth-order valence-corrected chi connectivity index (χ4v) is 2.21. The summed E-state index contributed by atoms with van der Waals surface area (Å²) in [6, 6.07) is 10.6. The zero-order valence-corrected chi connectivity index (χ0v) is 11.1. The molecule has 1 heterocycles. The third-order valence-electron chi connectivity index (χ3n) is 3.28. The lowest BCUT2D eigenvalue weighted by Crippen LogP contribution is -2.19. The van der Waals surface area contributed by atoms with Crippen LogP contribution in [0.3, 0.4) is 0 Å². The number of aryl methyl sites for hydroxylation is 1. The van der Waals surface area contributed by atoms with E-state index in [9.17, 15) is 14.0 Å². The number of fused-ring (bicyclic) bond motifs is 1. The number of nitrogens with one attached hydrogen (secondary N) is 1. The number of ether oxygens (including phenoxy) is 1. The van der Waals surface area contributed by atoms with E-state index in [2.05, 4.69) is 5.32 Å². The molecule has 0 bridgehead atoms.